The summed E-state index contributed by atoms with van der Waals surface area (Å²) in [5.74, 6) is 2.11. The maximum absolute atomic E-state index is 5.91. The summed E-state index contributed by atoms with van der Waals surface area (Å²) in [7, 11) is 1.67. The Labute approximate surface area is 160 Å². The van der Waals surface area contributed by atoms with Gasteiger partial charge in [-0.25, -0.2) is 0 Å². The summed E-state index contributed by atoms with van der Waals surface area (Å²) in [6.45, 7) is 4.05. The summed E-state index contributed by atoms with van der Waals surface area (Å²) in [6.07, 6.45) is 2.41. The minimum Gasteiger partial charge on any atom is -0.493 e. The van der Waals surface area contributed by atoms with Gasteiger partial charge in [0, 0.05) is 24.7 Å². The van der Waals surface area contributed by atoms with Gasteiger partial charge >= 0.3 is 0 Å². The Morgan fingerprint density at radius 3 is 2.65 bits per heavy atom. The van der Waals surface area contributed by atoms with Crippen molar-refractivity contribution in [1.82, 2.24) is 5.32 Å². The monoisotopic (exact) mass is 375 g/mol. The fourth-order valence-electron chi connectivity index (χ4n) is 3.07. The molecule has 26 heavy (non-hydrogen) atoms. The Hall–Kier alpha value is -1.75. The molecule has 1 fully saturated rings. The summed E-state index contributed by atoms with van der Waals surface area (Å²) >= 11 is 5.91. The van der Waals surface area contributed by atoms with Crippen molar-refractivity contribution >= 4 is 11.6 Å². The molecular weight excluding hydrogens is 350 g/mol. The molecule has 5 heteroatoms. The van der Waals surface area contributed by atoms with E-state index in [4.69, 9.17) is 25.8 Å². The van der Waals surface area contributed by atoms with Gasteiger partial charge < -0.3 is 19.5 Å². The molecule has 140 valence electrons. The fourth-order valence-corrected chi connectivity index (χ4v) is 3.20. The third-order valence-electron chi connectivity index (χ3n) is 4.55. The Morgan fingerprint density at radius 1 is 1.12 bits per heavy atom. The average molecular weight is 376 g/mol. The van der Waals surface area contributed by atoms with Gasteiger partial charge in [0.15, 0.2) is 11.5 Å². The van der Waals surface area contributed by atoms with Crippen molar-refractivity contribution in [3.63, 3.8) is 0 Å². The maximum atomic E-state index is 5.91. The molecule has 1 N–H and O–H groups in total. The highest BCUT2D eigenvalue weighted by atomic mass is 35.5. The van der Waals surface area contributed by atoms with Crippen molar-refractivity contribution < 1.29 is 14.2 Å². The zero-order valence-corrected chi connectivity index (χ0v) is 15.9. The van der Waals surface area contributed by atoms with E-state index < -0.39 is 0 Å². The molecule has 0 bridgehead atoms. The van der Waals surface area contributed by atoms with Crippen LogP contribution in [0.5, 0.6) is 11.5 Å². The molecule has 1 heterocycles. The largest absolute Gasteiger partial charge is 0.493 e. The van der Waals surface area contributed by atoms with E-state index in [0.29, 0.717) is 12.5 Å². The standard InChI is InChI=1S/C21H26ClNO3/c1-24-21-11-17(12-23-13-18-3-2-10-25-14-18)6-9-20(21)26-15-16-4-7-19(22)8-5-16/h4-9,11,18,23H,2-3,10,12-15H2,1H3. The van der Waals surface area contributed by atoms with Crippen molar-refractivity contribution in [2.24, 2.45) is 5.92 Å². The number of hydrogen-bond acceptors (Lipinski definition) is 4. The minimum absolute atomic E-state index is 0.479. The lowest BCUT2D eigenvalue weighted by Gasteiger charge is -2.22. The summed E-state index contributed by atoms with van der Waals surface area (Å²) in [6, 6.07) is 13.7. The van der Waals surface area contributed by atoms with Crippen LogP contribution in [0.15, 0.2) is 42.5 Å². The number of nitrogens with one attached hydrogen (secondary N) is 1. The molecule has 0 amide bonds. The molecular formula is C21H26ClNO3. The topological polar surface area (TPSA) is 39.7 Å². The van der Waals surface area contributed by atoms with Crippen LogP contribution in [0.1, 0.15) is 24.0 Å². The number of hydrogen-bond donors (Lipinski definition) is 1. The molecule has 3 rings (SSSR count). The molecule has 1 atom stereocenters. The van der Waals surface area contributed by atoms with Crippen LogP contribution in [-0.4, -0.2) is 26.9 Å². The summed E-state index contributed by atoms with van der Waals surface area (Å²) < 4.78 is 16.9. The van der Waals surface area contributed by atoms with E-state index >= 15 is 0 Å². The highest BCUT2D eigenvalue weighted by Gasteiger charge is 2.13. The molecule has 0 aliphatic carbocycles. The lowest BCUT2D eigenvalue weighted by Crippen LogP contribution is -2.28. The van der Waals surface area contributed by atoms with E-state index in [0.717, 1.165) is 48.4 Å². The van der Waals surface area contributed by atoms with E-state index in [1.807, 2.05) is 36.4 Å². The zero-order valence-electron chi connectivity index (χ0n) is 15.2. The minimum atomic E-state index is 0.479. The van der Waals surface area contributed by atoms with Crippen LogP contribution in [0, 0.1) is 5.92 Å². The molecule has 2 aromatic rings. The molecule has 2 aromatic carbocycles. The van der Waals surface area contributed by atoms with Crippen LogP contribution in [-0.2, 0) is 17.9 Å². The highest BCUT2D eigenvalue weighted by Crippen LogP contribution is 2.29. The van der Waals surface area contributed by atoms with Crippen LogP contribution < -0.4 is 14.8 Å². The van der Waals surface area contributed by atoms with Crippen LogP contribution in [0.3, 0.4) is 0 Å². The van der Waals surface area contributed by atoms with E-state index in [-0.39, 0.29) is 0 Å². The van der Waals surface area contributed by atoms with Gasteiger partial charge in [0.05, 0.1) is 13.7 Å². The zero-order chi connectivity index (χ0) is 18.2. The second-order valence-electron chi connectivity index (χ2n) is 6.61. The first kappa shape index (κ1) is 19.0. The Bertz CT molecular complexity index is 684. The second-order valence-corrected chi connectivity index (χ2v) is 7.05. The second kappa shape index (κ2) is 9.81. The Kier molecular flexibility index (Phi) is 7.18. The highest BCUT2D eigenvalue weighted by molar-refractivity contribution is 6.30. The maximum Gasteiger partial charge on any atom is 0.161 e. The Balaban J connectivity index is 1.52. The van der Waals surface area contributed by atoms with Gasteiger partial charge in [0.25, 0.3) is 0 Å². The predicted molar refractivity (Wildman–Crippen MR) is 104 cm³/mol. The number of rotatable bonds is 8. The third kappa shape index (κ3) is 5.63. The summed E-state index contributed by atoms with van der Waals surface area (Å²) in [5.41, 5.74) is 2.24. The van der Waals surface area contributed by atoms with Crippen LogP contribution in [0.4, 0.5) is 0 Å². The first-order valence-electron chi connectivity index (χ1n) is 9.07. The molecule has 4 nitrogen and oxygen atoms in total. The number of benzene rings is 2. The first-order valence-corrected chi connectivity index (χ1v) is 9.45. The van der Waals surface area contributed by atoms with Gasteiger partial charge in [-0.05, 0) is 54.2 Å². The SMILES string of the molecule is COc1cc(CNCC2CCCOC2)ccc1OCc1ccc(Cl)cc1. The van der Waals surface area contributed by atoms with Gasteiger partial charge in [-0.3, -0.25) is 0 Å². The number of ether oxygens (including phenoxy) is 3. The summed E-state index contributed by atoms with van der Waals surface area (Å²) in [5, 5.41) is 4.24. The molecule has 1 aliphatic heterocycles. The van der Waals surface area contributed by atoms with Crippen molar-refractivity contribution in [3.8, 4) is 11.5 Å². The average Bonchev–Trinajstić information content (AvgIpc) is 2.69. The number of methoxy groups -OCH3 is 1. The molecule has 1 saturated heterocycles. The molecule has 1 unspecified atom stereocenters. The van der Waals surface area contributed by atoms with Crippen LogP contribution in [0.25, 0.3) is 0 Å². The predicted octanol–water partition coefficient (Wildman–Crippen LogP) is 4.44. The lowest BCUT2D eigenvalue weighted by atomic mass is 10.0. The normalized spacial score (nSPS) is 17.1. The van der Waals surface area contributed by atoms with E-state index in [1.54, 1.807) is 7.11 Å². The van der Waals surface area contributed by atoms with Crippen molar-refractivity contribution in [2.75, 3.05) is 26.9 Å². The van der Waals surface area contributed by atoms with Crippen LogP contribution >= 0.6 is 11.6 Å². The third-order valence-corrected chi connectivity index (χ3v) is 4.80. The molecule has 0 aromatic heterocycles. The van der Waals surface area contributed by atoms with E-state index in [2.05, 4.69) is 11.4 Å². The van der Waals surface area contributed by atoms with Gasteiger partial charge in [-0.1, -0.05) is 29.8 Å². The van der Waals surface area contributed by atoms with Gasteiger partial charge in [-0.2, -0.15) is 0 Å². The van der Waals surface area contributed by atoms with Crippen LogP contribution in [0.2, 0.25) is 5.02 Å². The summed E-state index contributed by atoms with van der Waals surface area (Å²) in [4.78, 5) is 0. The van der Waals surface area contributed by atoms with E-state index in [1.165, 1.54) is 18.4 Å². The Morgan fingerprint density at radius 2 is 1.92 bits per heavy atom. The fraction of sp³-hybridized carbons (Fsp3) is 0.429. The smallest absolute Gasteiger partial charge is 0.161 e. The van der Waals surface area contributed by atoms with Crippen molar-refractivity contribution in [2.45, 2.75) is 26.0 Å². The lowest BCUT2D eigenvalue weighted by molar-refractivity contribution is 0.0547. The van der Waals surface area contributed by atoms with Crippen molar-refractivity contribution in [3.05, 3.63) is 58.6 Å². The van der Waals surface area contributed by atoms with Gasteiger partial charge in [-0.15, -0.1) is 0 Å². The quantitative estimate of drug-likeness (QED) is 0.740. The molecule has 1 aliphatic rings. The first-order chi connectivity index (χ1) is 12.7. The molecule has 0 radical (unpaired) electrons. The van der Waals surface area contributed by atoms with Gasteiger partial charge in [0.2, 0.25) is 0 Å². The van der Waals surface area contributed by atoms with Gasteiger partial charge in [0.1, 0.15) is 6.61 Å². The molecule has 0 saturated carbocycles. The van der Waals surface area contributed by atoms with E-state index in [9.17, 15) is 0 Å². The molecule has 0 spiro atoms. The number of halogens is 1. The van der Waals surface area contributed by atoms with Crippen molar-refractivity contribution in [1.29, 1.82) is 0 Å².